The van der Waals surface area contributed by atoms with Crippen molar-refractivity contribution in [3.8, 4) is 0 Å². The molecule has 2 aliphatic rings. The minimum absolute atomic E-state index is 0.160. The van der Waals surface area contributed by atoms with Gasteiger partial charge in [-0.3, -0.25) is 4.79 Å². The van der Waals surface area contributed by atoms with Crippen LogP contribution in [0.1, 0.15) is 21.7 Å². The van der Waals surface area contributed by atoms with Crippen molar-refractivity contribution >= 4 is 22.6 Å². The molecular formula is C23H27N5O. The van der Waals surface area contributed by atoms with Crippen LogP contribution < -0.4 is 4.90 Å². The Hall–Kier alpha value is -2.86. The molecule has 6 heteroatoms. The van der Waals surface area contributed by atoms with E-state index in [1.165, 1.54) is 0 Å². The molecule has 0 saturated carbocycles. The molecule has 2 aromatic carbocycles. The van der Waals surface area contributed by atoms with Crippen molar-refractivity contribution < 1.29 is 4.79 Å². The zero-order valence-electron chi connectivity index (χ0n) is 17.1. The maximum Gasteiger partial charge on any atom is 0.256 e. The molecule has 0 N–H and O–H groups in total. The first-order valence-corrected chi connectivity index (χ1v) is 10.4. The second-order valence-electron chi connectivity index (χ2n) is 8.15. The zero-order chi connectivity index (χ0) is 20.0. The zero-order valence-corrected chi connectivity index (χ0v) is 17.1. The van der Waals surface area contributed by atoms with Gasteiger partial charge in [-0.25, -0.2) is 4.98 Å². The third-order valence-electron chi connectivity index (χ3n) is 6.32. The second-order valence-corrected chi connectivity index (χ2v) is 8.15. The van der Waals surface area contributed by atoms with Gasteiger partial charge in [0.1, 0.15) is 5.82 Å². The van der Waals surface area contributed by atoms with Gasteiger partial charge in [-0.15, -0.1) is 0 Å². The van der Waals surface area contributed by atoms with Crippen LogP contribution in [-0.2, 0) is 20.0 Å². The molecule has 3 aromatic rings. The summed E-state index contributed by atoms with van der Waals surface area (Å²) >= 11 is 0. The van der Waals surface area contributed by atoms with Crippen molar-refractivity contribution in [2.24, 2.45) is 7.05 Å². The number of aryl methyl sites for hydroxylation is 1. The molecule has 0 bridgehead atoms. The topological polar surface area (TPSA) is 44.6 Å². The summed E-state index contributed by atoms with van der Waals surface area (Å²) in [5.74, 6) is 1.18. The molecule has 150 valence electrons. The van der Waals surface area contributed by atoms with E-state index in [1.54, 1.807) is 0 Å². The van der Waals surface area contributed by atoms with Gasteiger partial charge in [0.2, 0.25) is 0 Å². The molecule has 6 nitrogen and oxygen atoms in total. The lowest BCUT2D eigenvalue weighted by atomic mass is 10.1. The molecule has 2 aliphatic heterocycles. The Labute approximate surface area is 171 Å². The van der Waals surface area contributed by atoms with Gasteiger partial charge in [0.15, 0.2) is 0 Å². The Balaban J connectivity index is 1.34. The number of para-hydroxylation sites is 2. The lowest BCUT2D eigenvalue weighted by Gasteiger charge is -2.34. The molecule has 1 fully saturated rings. The number of carbonyl (C=O) groups is 1. The minimum Gasteiger partial charge on any atom is -0.368 e. The first-order valence-electron chi connectivity index (χ1n) is 10.4. The number of amides is 1. The standard InChI is InChI=1S/C23H27N5O/c1-25-12-14-27(15-13-25)20-9-5-6-17-16-28(23(29)22(17)20)11-10-21-24-18-7-3-4-8-19(18)26(21)2/h3-9H,10-16H2,1-2H3. The van der Waals surface area contributed by atoms with Crippen molar-refractivity contribution in [3.05, 3.63) is 59.4 Å². The Bertz CT molecular complexity index is 1060. The van der Waals surface area contributed by atoms with E-state index in [4.69, 9.17) is 4.98 Å². The van der Waals surface area contributed by atoms with Gasteiger partial charge in [-0.05, 0) is 30.8 Å². The number of imidazole rings is 1. The lowest BCUT2D eigenvalue weighted by molar-refractivity contribution is 0.0779. The second kappa shape index (κ2) is 7.19. The predicted octanol–water partition coefficient (Wildman–Crippen LogP) is 2.52. The number of rotatable bonds is 4. The third-order valence-corrected chi connectivity index (χ3v) is 6.32. The molecule has 0 atom stereocenters. The van der Waals surface area contributed by atoms with Crippen molar-refractivity contribution in [3.63, 3.8) is 0 Å². The largest absolute Gasteiger partial charge is 0.368 e. The first-order chi connectivity index (χ1) is 14.1. The van der Waals surface area contributed by atoms with Crippen LogP contribution in [0.3, 0.4) is 0 Å². The number of carbonyl (C=O) groups excluding carboxylic acids is 1. The Kier molecular flexibility index (Phi) is 4.51. The smallest absolute Gasteiger partial charge is 0.256 e. The van der Waals surface area contributed by atoms with Gasteiger partial charge in [0.25, 0.3) is 5.91 Å². The predicted molar refractivity (Wildman–Crippen MR) is 115 cm³/mol. The summed E-state index contributed by atoms with van der Waals surface area (Å²) in [4.78, 5) is 24.7. The number of nitrogens with zero attached hydrogens (tertiary/aromatic N) is 5. The highest BCUT2D eigenvalue weighted by molar-refractivity contribution is 6.03. The number of hydrogen-bond acceptors (Lipinski definition) is 4. The highest BCUT2D eigenvalue weighted by Crippen LogP contribution is 2.32. The van der Waals surface area contributed by atoms with Crippen LogP contribution in [0.25, 0.3) is 11.0 Å². The monoisotopic (exact) mass is 389 g/mol. The maximum absolute atomic E-state index is 13.3. The van der Waals surface area contributed by atoms with Crippen molar-refractivity contribution in [2.45, 2.75) is 13.0 Å². The molecule has 0 unspecified atom stereocenters. The van der Waals surface area contributed by atoms with Crippen molar-refractivity contribution in [1.82, 2.24) is 19.4 Å². The average molecular weight is 390 g/mol. The molecule has 5 rings (SSSR count). The fourth-order valence-corrected chi connectivity index (χ4v) is 4.55. The number of piperazine rings is 1. The van der Waals surface area contributed by atoms with Crippen LogP contribution in [0.4, 0.5) is 5.69 Å². The van der Waals surface area contributed by atoms with Gasteiger partial charge < -0.3 is 19.3 Å². The van der Waals surface area contributed by atoms with Gasteiger partial charge in [-0.1, -0.05) is 24.3 Å². The Morgan fingerprint density at radius 1 is 0.966 bits per heavy atom. The molecule has 3 heterocycles. The molecule has 0 radical (unpaired) electrons. The van der Waals surface area contributed by atoms with E-state index in [-0.39, 0.29) is 5.91 Å². The van der Waals surface area contributed by atoms with E-state index >= 15 is 0 Å². The number of aromatic nitrogens is 2. The molecule has 0 aliphatic carbocycles. The van der Waals surface area contributed by atoms with Gasteiger partial charge in [-0.2, -0.15) is 0 Å². The van der Waals surface area contributed by atoms with Gasteiger partial charge in [0.05, 0.1) is 16.6 Å². The van der Waals surface area contributed by atoms with Crippen LogP contribution >= 0.6 is 0 Å². The summed E-state index contributed by atoms with van der Waals surface area (Å²) in [5.41, 5.74) is 5.30. The van der Waals surface area contributed by atoms with Crippen LogP contribution in [0, 0.1) is 0 Å². The highest BCUT2D eigenvalue weighted by atomic mass is 16.2. The summed E-state index contributed by atoms with van der Waals surface area (Å²) in [6, 6.07) is 14.5. The molecule has 0 spiro atoms. The average Bonchev–Trinajstić information content (AvgIpc) is 3.24. The fraction of sp³-hybridized carbons (Fsp3) is 0.391. The lowest BCUT2D eigenvalue weighted by Crippen LogP contribution is -2.45. The van der Waals surface area contributed by atoms with Crippen LogP contribution in [0.15, 0.2) is 42.5 Å². The van der Waals surface area contributed by atoms with Gasteiger partial charge in [0, 0.05) is 58.4 Å². The normalized spacial score (nSPS) is 17.4. The molecule has 1 amide bonds. The van der Waals surface area contributed by atoms with Crippen LogP contribution in [0.2, 0.25) is 0 Å². The first kappa shape index (κ1) is 18.2. The molecule has 29 heavy (non-hydrogen) atoms. The number of anilines is 1. The summed E-state index contributed by atoms with van der Waals surface area (Å²) in [5, 5.41) is 0. The third kappa shape index (κ3) is 3.17. The van der Waals surface area contributed by atoms with E-state index < -0.39 is 0 Å². The van der Waals surface area contributed by atoms with Crippen molar-refractivity contribution in [2.75, 3.05) is 44.7 Å². The maximum atomic E-state index is 13.3. The summed E-state index contributed by atoms with van der Waals surface area (Å²) in [6.45, 7) is 5.40. The van der Waals surface area contributed by atoms with Crippen LogP contribution in [-0.4, -0.2) is 65.0 Å². The Morgan fingerprint density at radius 3 is 2.55 bits per heavy atom. The molecular weight excluding hydrogens is 362 g/mol. The summed E-state index contributed by atoms with van der Waals surface area (Å²) in [7, 11) is 4.21. The number of fused-ring (bicyclic) bond motifs is 2. The number of likely N-dealkylation sites (N-methyl/N-ethyl adjacent to an activating group) is 1. The van der Waals surface area contributed by atoms with E-state index in [1.807, 2.05) is 23.1 Å². The van der Waals surface area contributed by atoms with E-state index in [2.05, 4.69) is 52.7 Å². The van der Waals surface area contributed by atoms with E-state index in [0.717, 1.165) is 66.3 Å². The quantitative estimate of drug-likeness (QED) is 0.688. The van der Waals surface area contributed by atoms with Crippen LogP contribution in [0.5, 0.6) is 0 Å². The minimum atomic E-state index is 0.160. The Morgan fingerprint density at radius 2 is 1.76 bits per heavy atom. The number of benzene rings is 2. The molecule has 1 aromatic heterocycles. The van der Waals surface area contributed by atoms with Crippen molar-refractivity contribution in [1.29, 1.82) is 0 Å². The summed E-state index contributed by atoms with van der Waals surface area (Å²) < 4.78 is 2.14. The molecule has 1 saturated heterocycles. The number of hydrogen-bond donors (Lipinski definition) is 0. The van der Waals surface area contributed by atoms with E-state index in [9.17, 15) is 4.79 Å². The van der Waals surface area contributed by atoms with E-state index in [0.29, 0.717) is 13.1 Å². The SMILES string of the molecule is CN1CCN(c2cccc3c2C(=O)N(CCc2nc4ccccc4n2C)C3)CC1. The van der Waals surface area contributed by atoms with Gasteiger partial charge >= 0.3 is 0 Å². The highest BCUT2D eigenvalue weighted by Gasteiger charge is 2.32. The summed E-state index contributed by atoms with van der Waals surface area (Å²) in [6.07, 6.45) is 0.759. The fourth-order valence-electron chi connectivity index (χ4n) is 4.55.